The SMILES string of the molecule is NC(=NC(/C=C/c1ccc(-c2ccccc2)cc1)c1ccccc1)/C1=C\N=C(c2ccccc2)O/C=C/CC1. The molecule has 1 aliphatic rings. The molecule has 0 radical (unpaired) electrons. The molecule has 0 aromatic heterocycles. The average molecular weight is 510 g/mol. The molecule has 0 saturated carbocycles. The third-order valence-electron chi connectivity index (χ3n) is 6.45. The Morgan fingerprint density at radius 2 is 1.38 bits per heavy atom. The molecule has 4 aromatic carbocycles. The van der Waals surface area contributed by atoms with Crippen molar-refractivity contribution >= 4 is 17.8 Å². The van der Waals surface area contributed by atoms with Crippen molar-refractivity contribution in [2.75, 3.05) is 0 Å². The molecule has 4 nitrogen and oxygen atoms in total. The van der Waals surface area contributed by atoms with Gasteiger partial charge >= 0.3 is 0 Å². The highest BCUT2D eigenvalue weighted by Crippen LogP contribution is 2.24. The van der Waals surface area contributed by atoms with E-state index in [-0.39, 0.29) is 6.04 Å². The summed E-state index contributed by atoms with van der Waals surface area (Å²) in [6.07, 6.45) is 11.1. The smallest absolute Gasteiger partial charge is 0.225 e. The maximum absolute atomic E-state index is 6.61. The maximum atomic E-state index is 6.61. The molecule has 0 amide bonds. The van der Waals surface area contributed by atoms with E-state index in [0.717, 1.165) is 28.7 Å². The third kappa shape index (κ3) is 7.08. The Balaban J connectivity index is 1.42. The van der Waals surface area contributed by atoms with Crippen molar-refractivity contribution in [1.29, 1.82) is 0 Å². The second-order valence-electron chi connectivity index (χ2n) is 9.20. The number of nitrogens with zero attached hydrogens (tertiary/aromatic N) is 2. The Kier molecular flexibility index (Phi) is 8.57. The van der Waals surface area contributed by atoms with Crippen LogP contribution < -0.4 is 5.73 Å². The Hall–Kier alpha value is -4.96. The number of benzene rings is 4. The van der Waals surface area contributed by atoms with E-state index in [1.165, 1.54) is 11.1 Å². The molecule has 39 heavy (non-hydrogen) atoms. The molecule has 0 bridgehead atoms. The number of allylic oxidation sites excluding steroid dienone is 1. The van der Waals surface area contributed by atoms with Crippen LogP contribution in [0.2, 0.25) is 0 Å². The highest BCUT2D eigenvalue weighted by molar-refractivity contribution is 5.99. The molecule has 0 saturated heterocycles. The molecule has 5 rings (SSSR count). The fourth-order valence-corrected chi connectivity index (χ4v) is 4.30. The first-order valence-corrected chi connectivity index (χ1v) is 13.1. The van der Waals surface area contributed by atoms with E-state index in [9.17, 15) is 0 Å². The van der Waals surface area contributed by atoms with Crippen molar-refractivity contribution in [3.05, 3.63) is 162 Å². The van der Waals surface area contributed by atoms with Crippen LogP contribution in [0.25, 0.3) is 17.2 Å². The number of aliphatic imine (C=N–C) groups is 2. The van der Waals surface area contributed by atoms with Crippen LogP contribution in [-0.2, 0) is 4.74 Å². The predicted molar refractivity (Wildman–Crippen MR) is 162 cm³/mol. The highest BCUT2D eigenvalue weighted by atomic mass is 16.5. The molecule has 192 valence electrons. The number of amidine groups is 1. The van der Waals surface area contributed by atoms with Gasteiger partial charge in [0.05, 0.1) is 12.3 Å². The molecular weight excluding hydrogens is 478 g/mol. The molecule has 4 heteroatoms. The van der Waals surface area contributed by atoms with E-state index in [4.69, 9.17) is 15.5 Å². The van der Waals surface area contributed by atoms with Crippen LogP contribution in [-0.4, -0.2) is 11.7 Å². The molecule has 4 aromatic rings. The molecular formula is C35H31N3O. The van der Waals surface area contributed by atoms with Crippen molar-refractivity contribution in [1.82, 2.24) is 0 Å². The van der Waals surface area contributed by atoms with Crippen LogP contribution >= 0.6 is 0 Å². The number of nitrogens with two attached hydrogens (primary N) is 1. The fraction of sp³-hybridized carbons (Fsp3) is 0.0857. The molecule has 1 unspecified atom stereocenters. The van der Waals surface area contributed by atoms with Crippen molar-refractivity contribution in [2.24, 2.45) is 15.7 Å². The lowest BCUT2D eigenvalue weighted by atomic mass is 10.0. The topological polar surface area (TPSA) is 60.0 Å². The largest absolute Gasteiger partial charge is 0.446 e. The van der Waals surface area contributed by atoms with Gasteiger partial charge in [0.2, 0.25) is 5.90 Å². The molecule has 1 atom stereocenters. The summed E-state index contributed by atoms with van der Waals surface area (Å²) < 4.78 is 5.78. The predicted octanol–water partition coefficient (Wildman–Crippen LogP) is 8.12. The summed E-state index contributed by atoms with van der Waals surface area (Å²) >= 11 is 0. The summed E-state index contributed by atoms with van der Waals surface area (Å²) in [7, 11) is 0. The summed E-state index contributed by atoms with van der Waals surface area (Å²) in [4.78, 5) is 9.58. The zero-order chi connectivity index (χ0) is 26.7. The Morgan fingerprint density at radius 3 is 2.08 bits per heavy atom. The van der Waals surface area contributed by atoms with Crippen LogP contribution in [0.3, 0.4) is 0 Å². The summed E-state index contributed by atoms with van der Waals surface area (Å²) in [5.41, 5.74) is 12.9. The van der Waals surface area contributed by atoms with Gasteiger partial charge in [0.1, 0.15) is 5.84 Å². The monoisotopic (exact) mass is 509 g/mol. The number of rotatable bonds is 7. The molecule has 1 heterocycles. The van der Waals surface area contributed by atoms with E-state index in [1.54, 1.807) is 12.5 Å². The summed E-state index contributed by atoms with van der Waals surface area (Å²) in [6.45, 7) is 0. The molecule has 0 aliphatic carbocycles. The number of hydrogen-bond donors (Lipinski definition) is 1. The summed E-state index contributed by atoms with van der Waals surface area (Å²) in [5.74, 6) is 0.997. The second kappa shape index (κ2) is 13.0. The first-order valence-electron chi connectivity index (χ1n) is 13.1. The average Bonchev–Trinajstić information content (AvgIpc) is 3.13. The van der Waals surface area contributed by atoms with Gasteiger partial charge in [-0.1, -0.05) is 115 Å². The van der Waals surface area contributed by atoms with Gasteiger partial charge in [-0.15, -0.1) is 0 Å². The van der Waals surface area contributed by atoms with Crippen LogP contribution in [0.15, 0.2) is 155 Å². The third-order valence-corrected chi connectivity index (χ3v) is 6.45. The second-order valence-corrected chi connectivity index (χ2v) is 9.20. The van der Waals surface area contributed by atoms with Crippen molar-refractivity contribution in [3.8, 4) is 11.1 Å². The fourth-order valence-electron chi connectivity index (χ4n) is 4.30. The highest BCUT2D eigenvalue weighted by Gasteiger charge is 2.11. The van der Waals surface area contributed by atoms with Gasteiger partial charge < -0.3 is 10.5 Å². The minimum absolute atomic E-state index is 0.238. The van der Waals surface area contributed by atoms with Crippen LogP contribution in [0, 0.1) is 0 Å². The minimum atomic E-state index is -0.238. The van der Waals surface area contributed by atoms with Crippen molar-refractivity contribution in [3.63, 3.8) is 0 Å². The van der Waals surface area contributed by atoms with Gasteiger partial charge in [-0.25, -0.2) is 4.99 Å². The van der Waals surface area contributed by atoms with Gasteiger partial charge in [0.15, 0.2) is 0 Å². The Bertz CT molecular complexity index is 1500. The molecule has 1 aliphatic heterocycles. The van der Waals surface area contributed by atoms with E-state index >= 15 is 0 Å². The standard InChI is InChI=1S/C35H31N3O/c36-34(32-18-10-11-25-39-35(37-26-32)31-16-8-3-9-17-31)38-33(30-14-6-2-7-15-30)24-21-27-19-22-29(23-20-27)28-12-4-1-5-13-28/h1-9,11-17,19-26,33H,10,18H2,(H2,36,38)/b24-21+,25-11+,32-26-,37-35?. The zero-order valence-corrected chi connectivity index (χ0v) is 21.7. The normalized spacial score (nSPS) is 17.1. The van der Waals surface area contributed by atoms with Gasteiger partial charge in [0, 0.05) is 17.3 Å². The van der Waals surface area contributed by atoms with Crippen molar-refractivity contribution < 1.29 is 4.74 Å². The minimum Gasteiger partial charge on any atom is -0.446 e. The van der Waals surface area contributed by atoms with Gasteiger partial charge in [-0.2, -0.15) is 0 Å². The van der Waals surface area contributed by atoms with E-state index < -0.39 is 0 Å². The van der Waals surface area contributed by atoms with Gasteiger partial charge in [-0.3, -0.25) is 4.99 Å². The summed E-state index contributed by atoms with van der Waals surface area (Å²) in [6, 6.07) is 38.7. The van der Waals surface area contributed by atoms with E-state index in [0.29, 0.717) is 18.2 Å². The first-order chi connectivity index (χ1) is 19.3. The maximum Gasteiger partial charge on any atom is 0.225 e. The Labute approximate surface area is 230 Å². The van der Waals surface area contributed by atoms with Crippen LogP contribution in [0.4, 0.5) is 0 Å². The molecule has 0 spiro atoms. The van der Waals surface area contributed by atoms with Gasteiger partial charge in [-0.05, 0) is 53.3 Å². The first kappa shape index (κ1) is 25.7. The van der Waals surface area contributed by atoms with Gasteiger partial charge in [0.25, 0.3) is 0 Å². The molecule has 2 N–H and O–H groups in total. The lowest BCUT2D eigenvalue weighted by molar-refractivity contribution is 0.472. The number of hydrogen-bond acceptors (Lipinski definition) is 3. The van der Waals surface area contributed by atoms with Crippen molar-refractivity contribution in [2.45, 2.75) is 18.9 Å². The van der Waals surface area contributed by atoms with E-state index in [2.05, 4.69) is 77.8 Å². The molecule has 0 fully saturated rings. The zero-order valence-electron chi connectivity index (χ0n) is 21.7. The summed E-state index contributed by atoms with van der Waals surface area (Å²) in [5, 5.41) is 0. The Morgan fingerprint density at radius 1 is 0.769 bits per heavy atom. The lowest BCUT2D eigenvalue weighted by Crippen LogP contribution is -2.16. The quantitative estimate of drug-likeness (QED) is 0.202. The number of ether oxygens (including phenoxy) is 1. The lowest BCUT2D eigenvalue weighted by Gasteiger charge is -2.12. The van der Waals surface area contributed by atoms with E-state index in [1.807, 2.05) is 60.7 Å². The van der Waals surface area contributed by atoms with Crippen LogP contribution in [0.1, 0.15) is 35.6 Å². The van der Waals surface area contributed by atoms with Crippen LogP contribution in [0.5, 0.6) is 0 Å².